The molecule has 0 unspecified atom stereocenters. The molecule has 0 amide bonds. The molecule has 18 heavy (non-hydrogen) atoms. The van der Waals surface area contributed by atoms with Crippen molar-refractivity contribution >= 4 is 0 Å². The lowest BCUT2D eigenvalue weighted by molar-refractivity contribution is 0.0158. The average molecular weight is 253 g/mol. The Hall–Kier alpha value is -0.120. The van der Waals surface area contributed by atoms with Crippen molar-refractivity contribution in [3.05, 3.63) is 0 Å². The fourth-order valence-electron chi connectivity index (χ4n) is 3.60. The van der Waals surface area contributed by atoms with Gasteiger partial charge in [0.1, 0.15) is 0 Å². The number of nitrogens with zero attached hydrogens (tertiary/aromatic N) is 2. The lowest BCUT2D eigenvalue weighted by Crippen LogP contribution is -2.60. The van der Waals surface area contributed by atoms with E-state index in [4.69, 9.17) is 0 Å². The third kappa shape index (κ3) is 3.25. The van der Waals surface area contributed by atoms with Crippen LogP contribution in [0.25, 0.3) is 0 Å². The van der Waals surface area contributed by atoms with Gasteiger partial charge in [-0.25, -0.2) is 0 Å². The molecule has 0 aliphatic carbocycles. The predicted octanol–water partition coefficient (Wildman–Crippen LogP) is 1.93. The Morgan fingerprint density at radius 1 is 1.06 bits per heavy atom. The number of nitrogens with one attached hydrogen (secondary N) is 1. The van der Waals surface area contributed by atoms with E-state index in [2.05, 4.69) is 42.8 Å². The number of piperazine rings is 1. The maximum Gasteiger partial charge on any atom is 0.0281 e. The molecule has 106 valence electrons. The Morgan fingerprint density at radius 3 is 2.17 bits per heavy atom. The van der Waals surface area contributed by atoms with Crippen molar-refractivity contribution in [1.29, 1.82) is 0 Å². The maximum atomic E-state index is 3.45. The van der Waals surface area contributed by atoms with E-state index in [1.54, 1.807) is 0 Å². The SMILES string of the molecule is C[C@@H]1CCC[C@H](C)N1CC(C)(C)N1CCNCC1. The molecule has 2 fully saturated rings. The van der Waals surface area contributed by atoms with E-state index in [9.17, 15) is 0 Å². The summed E-state index contributed by atoms with van der Waals surface area (Å²) in [5.74, 6) is 0. The monoisotopic (exact) mass is 253 g/mol. The number of hydrogen-bond donors (Lipinski definition) is 1. The van der Waals surface area contributed by atoms with E-state index < -0.39 is 0 Å². The van der Waals surface area contributed by atoms with Crippen LogP contribution in [0.1, 0.15) is 47.0 Å². The summed E-state index contributed by atoms with van der Waals surface area (Å²) in [6.45, 7) is 15.6. The zero-order chi connectivity index (χ0) is 13.2. The minimum Gasteiger partial charge on any atom is -0.314 e. The fraction of sp³-hybridized carbons (Fsp3) is 1.00. The maximum absolute atomic E-state index is 3.45. The smallest absolute Gasteiger partial charge is 0.0281 e. The predicted molar refractivity (Wildman–Crippen MR) is 78.0 cm³/mol. The van der Waals surface area contributed by atoms with Gasteiger partial charge in [-0.15, -0.1) is 0 Å². The van der Waals surface area contributed by atoms with E-state index in [1.807, 2.05) is 0 Å². The van der Waals surface area contributed by atoms with Gasteiger partial charge in [-0.3, -0.25) is 9.80 Å². The van der Waals surface area contributed by atoms with Crippen LogP contribution in [0.2, 0.25) is 0 Å². The van der Waals surface area contributed by atoms with Gasteiger partial charge in [0.25, 0.3) is 0 Å². The van der Waals surface area contributed by atoms with Crippen LogP contribution in [0.4, 0.5) is 0 Å². The van der Waals surface area contributed by atoms with Gasteiger partial charge in [0.05, 0.1) is 0 Å². The van der Waals surface area contributed by atoms with E-state index in [0.29, 0.717) is 5.54 Å². The Bertz CT molecular complexity index is 248. The Kier molecular flexibility index (Phi) is 4.68. The molecule has 3 heteroatoms. The standard InChI is InChI=1S/C15H31N3/c1-13-6-5-7-14(2)18(13)12-15(3,4)17-10-8-16-9-11-17/h13-14,16H,5-12H2,1-4H3/t13-,14+. The van der Waals surface area contributed by atoms with E-state index >= 15 is 0 Å². The molecular formula is C15H31N3. The van der Waals surface area contributed by atoms with Gasteiger partial charge in [-0.2, -0.15) is 0 Å². The number of likely N-dealkylation sites (tertiary alicyclic amines) is 1. The zero-order valence-corrected chi connectivity index (χ0v) is 12.7. The highest BCUT2D eigenvalue weighted by atomic mass is 15.3. The largest absolute Gasteiger partial charge is 0.314 e. The van der Waals surface area contributed by atoms with Gasteiger partial charge in [0.2, 0.25) is 0 Å². The first-order chi connectivity index (χ1) is 8.50. The molecule has 3 nitrogen and oxygen atoms in total. The molecule has 0 radical (unpaired) electrons. The van der Waals surface area contributed by atoms with Crippen LogP contribution in [0.3, 0.4) is 0 Å². The van der Waals surface area contributed by atoms with E-state index in [0.717, 1.165) is 25.2 Å². The highest BCUT2D eigenvalue weighted by Crippen LogP contribution is 2.26. The minimum absolute atomic E-state index is 0.307. The normalized spacial score (nSPS) is 32.7. The second-order valence-electron chi connectivity index (χ2n) is 6.85. The zero-order valence-electron chi connectivity index (χ0n) is 12.7. The molecule has 2 aliphatic rings. The number of piperidine rings is 1. The molecule has 2 heterocycles. The van der Waals surface area contributed by atoms with Gasteiger partial charge >= 0.3 is 0 Å². The first-order valence-corrected chi connectivity index (χ1v) is 7.72. The van der Waals surface area contributed by atoms with Crippen LogP contribution in [0.15, 0.2) is 0 Å². The van der Waals surface area contributed by atoms with Crippen LogP contribution in [0, 0.1) is 0 Å². The molecular weight excluding hydrogens is 222 g/mol. The van der Waals surface area contributed by atoms with Gasteiger partial charge in [-0.1, -0.05) is 6.42 Å². The molecule has 2 saturated heterocycles. The van der Waals surface area contributed by atoms with E-state index in [-0.39, 0.29) is 0 Å². The summed E-state index contributed by atoms with van der Waals surface area (Å²) in [4.78, 5) is 5.41. The van der Waals surface area contributed by atoms with Crippen molar-refractivity contribution in [2.75, 3.05) is 32.7 Å². The molecule has 0 aromatic heterocycles. The van der Waals surface area contributed by atoms with Crippen LogP contribution >= 0.6 is 0 Å². The fourth-order valence-corrected chi connectivity index (χ4v) is 3.60. The van der Waals surface area contributed by atoms with Crippen molar-refractivity contribution in [3.63, 3.8) is 0 Å². The summed E-state index contributed by atoms with van der Waals surface area (Å²) in [6.07, 6.45) is 4.16. The third-order valence-electron chi connectivity index (χ3n) is 4.92. The highest BCUT2D eigenvalue weighted by Gasteiger charge is 2.34. The lowest BCUT2D eigenvalue weighted by Gasteiger charge is -2.48. The summed E-state index contributed by atoms with van der Waals surface area (Å²) in [7, 11) is 0. The van der Waals surface area contributed by atoms with Gasteiger partial charge in [0.15, 0.2) is 0 Å². The molecule has 2 atom stereocenters. The first kappa shape index (κ1) is 14.3. The second-order valence-corrected chi connectivity index (χ2v) is 6.85. The summed E-state index contributed by atoms with van der Waals surface area (Å²) < 4.78 is 0. The summed E-state index contributed by atoms with van der Waals surface area (Å²) in [5.41, 5.74) is 0.307. The summed E-state index contributed by atoms with van der Waals surface area (Å²) in [6, 6.07) is 1.52. The van der Waals surface area contributed by atoms with E-state index in [1.165, 1.54) is 38.9 Å². The van der Waals surface area contributed by atoms with Crippen molar-refractivity contribution in [2.24, 2.45) is 0 Å². The van der Waals surface area contributed by atoms with Gasteiger partial charge < -0.3 is 5.32 Å². The minimum atomic E-state index is 0.307. The average Bonchev–Trinajstić information content (AvgIpc) is 2.35. The van der Waals surface area contributed by atoms with Gasteiger partial charge in [-0.05, 0) is 40.5 Å². The highest BCUT2D eigenvalue weighted by molar-refractivity contribution is 4.91. The van der Waals surface area contributed by atoms with Gasteiger partial charge in [0, 0.05) is 50.3 Å². The molecule has 0 saturated carbocycles. The molecule has 0 aromatic rings. The number of rotatable bonds is 3. The Labute approximate surface area is 113 Å². The topological polar surface area (TPSA) is 18.5 Å². The second kappa shape index (κ2) is 5.89. The van der Waals surface area contributed by atoms with Crippen LogP contribution < -0.4 is 5.32 Å². The lowest BCUT2D eigenvalue weighted by atomic mass is 9.93. The van der Waals surface area contributed by atoms with Crippen molar-refractivity contribution in [1.82, 2.24) is 15.1 Å². The molecule has 0 bridgehead atoms. The molecule has 2 rings (SSSR count). The van der Waals surface area contributed by atoms with Crippen molar-refractivity contribution < 1.29 is 0 Å². The Morgan fingerprint density at radius 2 is 1.61 bits per heavy atom. The third-order valence-corrected chi connectivity index (χ3v) is 4.92. The molecule has 0 spiro atoms. The molecule has 2 aliphatic heterocycles. The first-order valence-electron chi connectivity index (χ1n) is 7.72. The number of hydrogen-bond acceptors (Lipinski definition) is 3. The summed E-state index contributed by atoms with van der Waals surface area (Å²) >= 11 is 0. The Balaban J connectivity index is 1.96. The summed E-state index contributed by atoms with van der Waals surface area (Å²) in [5, 5.41) is 3.45. The van der Waals surface area contributed by atoms with Crippen LogP contribution in [-0.2, 0) is 0 Å². The van der Waals surface area contributed by atoms with Crippen LogP contribution in [0.5, 0.6) is 0 Å². The molecule has 1 N–H and O–H groups in total. The quantitative estimate of drug-likeness (QED) is 0.829. The van der Waals surface area contributed by atoms with Crippen molar-refractivity contribution in [3.8, 4) is 0 Å². The van der Waals surface area contributed by atoms with Crippen molar-refractivity contribution in [2.45, 2.75) is 64.6 Å². The molecule has 0 aromatic carbocycles. The van der Waals surface area contributed by atoms with Crippen LogP contribution in [-0.4, -0.2) is 60.1 Å².